The molecule has 2 N–H and O–H groups in total. The quantitative estimate of drug-likeness (QED) is 0.398. The van der Waals surface area contributed by atoms with Gasteiger partial charge in [0.05, 0.1) is 23.9 Å². The molecule has 0 radical (unpaired) electrons. The normalized spacial score (nSPS) is 54.3. The van der Waals surface area contributed by atoms with Crippen LogP contribution in [0.2, 0.25) is 0 Å². The third-order valence-electron chi connectivity index (χ3n) is 11.9. The fourth-order valence-electron chi connectivity index (χ4n) is 10.2. The van der Waals surface area contributed by atoms with Crippen molar-refractivity contribution in [3.05, 3.63) is 11.6 Å². The predicted octanol–water partition coefficient (Wildman–Crippen LogP) is 3.00. The van der Waals surface area contributed by atoms with Gasteiger partial charge in [0.1, 0.15) is 6.61 Å². The average molecular weight is 547 g/mol. The van der Waals surface area contributed by atoms with Gasteiger partial charge in [-0.25, -0.2) is 4.79 Å². The van der Waals surface area contributed by atoms with Crippen LogP contribution in [0.4, 0.5) is 0 Å². The van der Waals surface area contributed by atoms with Crippen LogP contribution in [-0.4, -0.2) is 70.9 Å². The SMILES string of the molecule is CC(=O)O[C@H]1C[C@@H](C)O[C@H]2O[C@@H]3C[C@@H]4CC[C@@H]5[C@H](CC[C@]6(C)[C@@H](C7=CC(=O)OC7)CC[C@]56O)[C@H]4C[C@H]3O[C@]21O. The first kappa shape index (κ1) is 26.4. The zero-order valence-corrected chi connectivity index (χ0v) is 23.2. The lowest BCUT2D eigenvalue weighted by Gasteiger charge is -2.62. The number of aliphatic hydroxyl groups is 2. The van der Waals surface area contributed by atoms with Crippen LogP contribution in [0, 0.1) is 35.0 Å². The van der Waals surface area contributed by atoms with Gasteiger partial charge in [0.15, 0.2) is 6.10 Å². The smallest absolute Gasteiger partial charge is 0.331 e. The van der Waals surface area contributed by atoms with E-state index in [1.807, 2.05) is 6.92 Å². The first-order valence-corrected chi connectivity index (χ1v) is 15.0. The molecule has 7 rings (SSSR count). The molecular formula is C30H42O9. The number of esters is 2. The summed E-state index contributed by atoms with van der Waals surface area (Å²) in [5.41, 5.74) is 0.0154. The topological polar surface area (TPSA) is 121 Å². The Hall–Kier alpha value is -1.52. The van der Waals surface area contributed by atoms with Crippen LogP contribution in [0.3, 0.4) is 0 Å². The minimum absolute atomic E-state index is 0.177. The van der Waals surface area contributed by atoms with E-state index >= 15 is 0 Å². The van der Waals surface area contributed by atoms with Crippen molar-refractivity contribution in [3.8, 4) is 0 Å². The van der Waals surface area contributed by atoms with Gasteiger partial charge in [-0.15, -0.1) is 0 Å². The maximum Gasteiger partial charge on any atom is 0.331 e. The van der Waals surface area contributed by atoms with E-state index in [9.17, 15) is 19.8 Å². The van der Waals surface area contributed by atoms with E-state index in [0.717, 1.165) is 56.9 Å². The average Bonchev–Trinajstić information content (AvgIpc) is 3.42. The number of carbonyl (C=O) groups excluding carboxylic acids is 2. The van der Waals surface area contributed by atoms with Crippen LogP contribution < -0.4 is 0 Å². The molecule has 9 nitrogen and oxygen atoms in total. The summed E-state index contributed by atoms with van der Waals surface area (Å²) in [6, 6.07) is 0. The second-order valence-electron chi connectivity index (χ2n) is 13.7. The molecule has 39 heavy (non-hydrogen) atoms. The molecule has 9 heteroatoms. The highest BCUT2D eigenvalue weighted by Crippen LogP contribution is 2.67. The predicted molar refractivity (Wildman–Crippen MR) is 136 cm³/mol. The maximum absolute atomic E-state index is 12.4. The first-order valence-electron chi connectivity index (χ1n) is 15.0. The molecule has 7 aliphatic rings. The van der Waals surface area contributed by atoms with E-state index in [1.54, 1.807) is 6.08 Å². The highest BCUT2D eigenvalue weighted by molar-refractivity contribution is 5.85. The monoisotopic (exact) mass is 546 g/mol. The summed E-state index contributed by atoms with van der Waals surface area (Å²) in [6.45, 7) is 5.81. The number of ether oxygens (including phenoxy) is 5. The molecule has 0 bridgehead atoms. The zero-order valence-electron chi connectivity index (χ0n) is 23.2. The van der Waals surface area contributed by atoms with Gasteiger partial charge in [0.2, 0.25) is 6.29 Å². The molecule has 13 atom stereocenters. The van der Waals surface area contributed by atoms with Gasteiger partial charge in [0, 0.05) is 24.8 Å². The van der Waals surface area contributed by atoms with Crippen molar-refractivity contribution in [2.24, 2.45) is 35.0 Å². The van der Waals surface area contributed by atoms with Crippen LogP contribution in [0.1, 0.15) is 78.6 Å². The van der Waals surface area contributed by atoms with E-state index < -0.39 is 29.8 Å². The van der Waals surface area contributed by atoms with Gasteiger partial charge >= 0.3 is 11.9 Å². The number of fused-ring (bicyclic) bond motifs is 7. The summed E-state index contributed by atoms with van der Waals surface area (Å²) < 4.78 is 29.5. The summed E-state index contributed by atoms with van der Waals surface area (Å²) in [7, 11) is 0. The van der Waals surface area contributed by atoms with Crippen LogP contribution in [0.15, 0.2) is 11.6 Å². The molecule has 0 amide bonds. The van der Waals surface area contributed by atoms with Gasteiger partial charge in [-0.1, -0.05) is 6.92 Å². The van der Waals surface area contributed by atoms with E-state index in [4.69, 9.17) is 23.7 Å². The Morgan fingerprint density at radius 1 is 1.03 bits per heavy atom. The summed E-state index contributed by atoms with van der Waals surface area (Å²) in [5, 5.41) is 24.0. The zero-order chi connectivity index (χ0) is 27.3. The highest BCUT2D eigenvalue weighted by Gasteiger charge is 2.67. The third kappa shape index (κ3) is 3.83. The van der Waals surface area contributed by atoms with Crippen molar-refractivity contribution in [2.45, 2.75) is 121 Å². The molecule has 4 aliphatic carbocycles. The van der Waals surface area contributed by atoms with E-state index in [1.165, 1.54) is 6.92 Å². The third-order valence-corrected chi connectivity index (χ3v) is 11.9. The number of hydrogen-bond donors (Lipinski definition) is 2. The van der Waals surface area contributed by atoms with Crippen molar-refractivity contribution >= 4 is 11.9 Å². The Balaban J connectivity index is 1.12. The van der Waals surface area contributed by atoms with Crippen LogP contribution >= 0.6 is 0 Å². The standard InChI is InChI=1S/C30H42O9/c1-15-10-25(37-16(2)31)30(34)27(36-15)38-23-11-17-4-5-22-19(20(17)13-24(23)39-30)6-8-28(3)21(7-9-29(22,28)33)18-12-26(32)35-14-18/h12,15,17,19-25,27,33-34H,4-11,13-14H2,1-3H3/t15-,17+,19-,20+,21-,22-,23-,24-,25+,27+,28-,29+,30+/m1/s1. The molecule has 0 aromatic rings. The van der Waals surface area contributed by atoms with Crippen molar-refractivity contribution in [1.82, 2.24) is 0 Å². The summed E-state index contributed by atoms with van der Waals surface area (Å²) >= 11 is 0. The molecule has 216 valence electrons. The van der Waals surface area contributed by atoms with Crippen molar-refractivity contribution in [1.29, 1.82) is 0 Å². The molecule has 4 saturated carbocycles. The molecule has 0 aromatic carbocycles. The molecule has 2 saturated heterocycles. The second-order valence-corrected chi connectivity index (χ2v) is 13.7. The fraction of sp³-hybridized carbons (Fsp3) is 0.867. The Morgan fingerprint density at radius 3 is 2.59 bits per heavy atom. The lowest BCUT2D eigenvalue weighted by atomic mass is 9.47. The second kappa shape index (κ2) is 8.99. The molecule has 0 unspecified atom stereocenters. The number of hydrogen-bond acceptors (Lipinski definition) is 9. The maximum atomic E-state index is 12.4. The molecular weight excluding hydrogens is 504 g/mol. The van der Waals surface area contributed by atoms with Crippen molar-refractivity contribution < 1.29 is 43.5 Å². The molecule has 3 heterocycles. The Bertz CT molecular complexity index is 1070. The minimum atomic E-state index is -1.84. The van der Waals surface area contributed by atoms with Gasteiger partial charge in [-0.05, 0) is 93.5 Å². The lowest BCUT2D eigenvalue weighted by Crippen LogP contribution is -2.70. The summed E-state index contributed by atoms with van der Waals surface area (Å²) in [5.74, 6) is -0.974. The number of rotatable bonds is 2. The Labute approximate surface area is 229 Å². The molecule has 0 spiro atoms. The lowest BCUT2D eigenvalue weighted by molar-refractivity contribution is -0.455. The van der Waals surface area contributed by atoms with E-state index in [0.29, 0.717) is 30.8 Å². The van der Waals surface area contributed by atoms with Crippen LogP contribution in [0.5, 0.6) is 0 Å². The molecule has 3 aliphatic heterocycles. The minimum Gasteiger partial charge on any atom is -0.458 e. The fourth-order valence-corrected chi connectivity index (χ4v) is 10.2. The van der Waals surface area contributed by atoms with Crippen molar-refractivity contribution in [3.63, 3.8) is 0 Å². The van der Waals surface area contributed by atoms with E-state index in [2.05, 4.69) is 6.92 Å². The Morgan fingerprint density at radius 2 is 1.85 bits per heavy atom. The summed E-state index contributed by atoms with van der Waals surface area (Å²) in [4.78, 5) is 23.6. The number of cyclic esters (lactones) is 1. The molecule has 0 aromatic heterocycles. The molecule has 6 fully saturated rings. The van der Waals surface area contributed by atoms with Gasteiger partial charge in [-0.2, -0.15) is 0 Å². The summed E-state index contributed by atoms with van der Waals surface area (Å²) in [6.07, 6.45) is 6.61. The Kier molecular flexibility index (Phi) is 6.08. The number of carbonyl (C=O) groups is 2. The largest absolute Gasteiger partial charge is 0.458 e. The van der Waals surface area contributed by atoms with Crippen LogP contribution in [0.25, 0.3) is 0 Å². The van der Waals surface area contributed by atoms with Gasteiger partial charge in [0.25, 0.3) is 5.79 Å². The highest BCUT2D eigenvalue weighted by atomic mass is 16.8. The first-order chi connectivity index (χ1) is 18.5. The van der Waals surface area contributed by atoms with E-state index in [-0.39, 0.29) is 41.5 Å². The van der Waals surface area contributed by atoms with Crippen molar-refractivity contribution in [2.75, 3.05) is 6.61 Å². The van der Waals surface area contributed by atoms with Gasteiger partial charge < -0.3 is 33.9 Å². The van der Waals surface area contributed by atoms with Crippen LogP contribution in [-0.2, 0) is 33.3 Å². The van der Waals surface area contributed by atoms with Gasteiger partial charge in [-0.3, -0.25) is 4.79 Å².